The zero-order valence-corrected chi connectivity index (χ0v) is 8.78. The van der Waals surface area contributed by atoms with E-state index >= 15 is 0 Å². The van der Waals surface area contributed by atoms with Crippen molar-refractivity contribution in [2.45, 2.75) is 6.54 Å². The van der Waals surface area contributed by atoms with Gasteiger partial charge < -0.3 is 19.5 Å². The molecule has 6 nitrogen and oxygen atoms in total. The van der Waals surface area contributed by atoms with Gasteiger partial charge in [0.2, 0.25) is 5.89 Å². The van der Waals surface area contributed by atoms with Crippen molar-refractivity contribution in [2.24, 2.45) is 0 Å². The Kier molecular flexibility index (Phi) is 4.34. The fourth-order valence-electron chi connectivity index (χ4n) is 0.869. The third-order valence-electron chi connectivity index (χ3n) is 1.62. The number of rotatable bonds is 6. The SMILES string of the molecule is COCCNCc1nc(N(C)C)no1. The zero-order valence-electron chi connectivity index (χ0n) is 8.78. The maximum atomic E-state index is 5.00. The zero-order chi connectivity index (χ0) is 10.4. The number of hydrogen-bond donors (Lipinski definition) is 1. The van der Waals surface area contributed by atoms with Gasteiger partial charge in [-0.15, -0.1) is 0 Å². The maximum Gasteiger partial charge on any atom is 0.265 e. The second-order valence-electron chi connectivity index (χ2n) is 3.05. The number of nitrogens with one attached hydrogen (secondary N) is 1. The average molecular weight is 200 g/mol. The molecule has 1 N–H and O–H groups in total. The highest BCUT2D eigenvalue weighted by molar-refractivity contribution is 5.23. The van der Waals surface area contributed by atoms with E-state index in [9.17, 15) is 0 Å². The van der Waals surface area contributed by atoms with Gasteiger partial charge >= 0.3 is 0 Å². The van der Waals surface area contributed by atoms with E-state index in [2.05, 4.69) is 15.5 Å². The standard InChI is InChI=1S/C8H16N4O2/c1-12(2)8-10-7(14-11-8)6-9-4-5-13-3/h9H,4-6H2,1-3H3. The summed E-state index contributed by atoms with van der Waals surface area (Å²) in [5.41, 5.74) is 0. The van der Waals surface area contributed by atoms with E-state index in [-0.39, 0.29) is 0 Å². The summed E-state index contributed by atoms with van der Waals surface area (Å²) in [6.07, 6.45) is 0. The summed E-state index contributed by atoms with van der Waals surface area (Å²) in [5.74, 6) is 1.18. The molecule has 1 heterocycles. The molecular formula is C8H16N4O2. The fourth-order valence-corrected chi connectivity index (χ4v) is 0.869. The molecule has 0 aliphatic carbocycles. The number of ether oxygens (including phenoxy) is 1. The minimum absolute atomic E-state index is 0.574. The van der Waals surface area contributed by atoms with Crippen LogP contribution in [0.2, 0.25) is 0 Å². The molecule has 0 radical (unpaired) electrons. The third-order valence-corrected chi connectivity index (χ3v) is 1.62. The number of anilines is 1. The van der Waals surface area contributed by atoms with Gasteiger partial charge in [0.1, 0.15) is 0 Å². The van der Waals surface area contributed by atoms with Crippen LogP contribution in [0.15, 0.2) is 4.52 Å². The van der Waals surface area contributed by atoms with E-state index < -0.39 is 0 Å². The smallest absolute Gasteiger partial charge is 0.265 e. The number of aromatic nitrogens is 2. The first-order chi connectivity index (χ1) is 6.74. The van der Waals surface area contributed by atoms with Crippen molar-refractivity contribution in [3.8, 4) is 0 Å². The lowest BCUT2D eigenvalue weighted by atomic mass is 10.6. The van der Waals surface area contributed by atoms with Crippen LogP contribution in [0, 0.1) is 0 Å². The molecule has 0 bridgehead atoms. The van der Waals surface area contributed by atoms with Crippen LogP contribution in [0.4, 0.5) is 5.95 Å². The molecule has 0 spiro atoms. The van der Waals surface area contributed by atoms with Crippen molar-refractivity contribution in [3.05, 3.63) is 5.89 Å². The summed E-state index contributed by atoms with van der Waals surface area (Å²) in [5, 5.41) is 6.90. The molecule has 0 aromatic carbocycles. The lowest BCUT2D eigenvalue weighted by Crippen LogP contribution is -2.18. The Bertz CT molecular complexity index is 262. The number of hydrogen-bond acceptors (Lipinski definition) is 6. The molecule has 0 aliphatic rings. The maximum absolute atomic E-state index is 5.00. The Labute approximate surface area is 83.2 Å². The first-order valence-electron chi connectivity index (χ1n) is 4.43. The van der Waals surface area contributed by atoms with Crippen molar-refractivity contribution in [1.29, 1.82) is 0 Å². The van der Waals surface area contributed by atoms with Crippen LogP contribution in [0.3, 0.4) is 0 Å². The van der Waals surface area contributed by atoms with Crippen molar-refractivity contribution in [3.63, 3.8) is 0 Å². The quantitative estimate of drug-likeness (QED) is 0.645. The van der Waals surface area contributed by atoms with Gasteiger partial charge in [-0.2, -0.15) is 4.98 Å². The van der Waals surface area contributed by atoms with Crippen LogP contribution in [-0.2, 0) is 11.3 Å². The summed E-state index contributed by atoms with van der Waals surface area (Å²) >= 11 is 0. The fraction of sp³-hybridized carbons (Fsp3) is 0.750. The molecule has 1 rings (SSSR count). The first-order valence-corrected chi connectivity index (χ1v) is 4.43. The highest BCUT2D eigenvalue weighted by Gasteiger charge is 2.06. The molecular weight excluding hydrogens is 184 g/mol. The minimum atomic E-state index is 0.574. The summed E-state index contributed by atoms with van der Waals surface area (Å²) in [4.78, 5) is 5.95. The van der Waals surface area contributed by atoms with Crippen LogP contribution in [0.25, 0.3) is 0 Å². The lowest BCUT2D eigenvalue weighted by molar-refractivity contribution is 0.197. The normalized spacial score (nSPS) is 10.5. The lowest BCUT2D eigenvalue weighted by Gasteiger charge is -2.02. The van der Waals surface area contributed by atoms with E-state index in [4.69, 9.17) is 9.26 Å². The van der Waals surface area contributed by atoms with Crippen LogP contribution < -0.4 is 10.2 Å². The Balaban J connectivity index is 2.29. The Morgan fingerprint density at radius 1 is 1.50 bits per heavy atom. The predicted octanol–water partition coefficient (Wildman–Crippen LogP) is -0.128. The van der Waals surface area contributed by atoms with Gasteiger partial charge in [-0.25, -0.2) is 0 Å². The van der Waals surface area contributed by atoms with Gasteiger partial charge in [0.15, 0.2) is 0 Å². The van der Waals surface area contributed by atoms with E-state index in [0.29, 0.717) is 25.0 Å². The van der Waals surface area contributed by atoms with Crippen LogP contribution >= 0.6 is 0 Å². The highest BCUT2D eigenvalue weighted by atomic mass is 16.5. The van der Waals surface area contributed by atoms with E-state index in [0.717, 1.165) is 6.54 Å². The van der Waals surface area contributed by atoms with Gasteiger partial charge in [-0.05, 0) is 5.16 Å². The second-order valence-corrected chi connectivity index (χ2v) is 3.05. The summed E-state index contributed by atoms with van der Waals surface area (Å²) in [7, 11) is 5.40. The molecule has 0 aliphatic heterocycles. The molecule has 0 saturated carbocycles. The van der Waals surface area contributed by atoms with Crippen molar-refractivity contribution < 1.29 is 9.26 Å². The van der Waals surface area contributed by atoms with Crippen molar-refractivity contribution in [1.82, 2.24) is 15.5 Å². The highest BCUT2D eigenvalue weighted by Crippen LogP contribution is 2.04. The molecule has 0 saturated heterocycles. The van der Waals surface area contributed by atoms with Crippen LogP contribution in [0.1, 0.15) is 5.89 Å². The van der Waals surface area contributed by atoms with Gasteiger partial charge in [0, 0.05) is 27.7 Å². The summed E-state index contributed by atoms with van der Waals surface area (Å²) in [6.45, 7) is 2.02. The van der Waals surface area contributed by atoms with Crippen molar-refractivity contribution >= 4 is 5.95 Å². The van der Waals surface area contributed by atoms with Gasteiger partial charge in [-0.1, -0.05) is 0 Å². The van der Waals surface area contributed by atoms with E-state index in [1.165, 1.54) is 0 Å². The predicted molar refractivity (Wildman–Crippen MR) is 52.2 cm³/mol. The van der Waals surface area contributed by atoms with Gasteiger partial charge in [0.25, 0.3) is 5.95 Å². The number of methoxy groups -OCH3 is 1. The monoisotopic (exact) mass is 200 g/mol. The molecule has 1 aromatic heterocycles. The van der Waals surface area contributed by atoms with E-state index in [1.807, 2.05) is 14.1 Å². The van der Waals surface area contributed by atoms with Gasteiger partial charge in [-0.3, -0.25) is 0 Å². The third kappa shape index (κ3) is 3.31. The molecule has 0 fully saturated rings. The Morgan fingerprint density at radius 3 is 2.86 bits per heavy atom. The largest absolute Gasteiger partial charge is 0.383 e. The first kappa shape index (κ1) is 10.9. The average Bonchev–Trinajstić information content (AvgIpc) is 2.61. The molecule has 1 aromatic rings. The van der Waals surface area contributed by atoms with Crippen molar-refractivity contribution in [2.75, 3.05) is 39.3 Å². The Morgan fingerprint density at radius 2 is 2.29 bits per heavy atom. The molecule has 14 heavy (non-hydrogen) atoms. The summed E-state index contributed by atoms with van der Waals surface area (Å²) in [6, 6.07) is 0. The summed E-state index contributed by atoms with van der Waals surface area (Å²) < 4.78 is 9.89. The number of nitrogens with zero attached hydrogens (tertiary/aromatic N) is 3. The van der Waals surface area contributed by atoms with Crippen LogP contribution in [0.5, 0.6) is 0 Å². The van der Waals surface area contributed by atoms with Crippen LogP contribution in [-0.4, -0.2) is 44.5 Å². The topological polar surface area (TPSA) is 63.4 Å². The van der Waals surface area contributed by atoms with Gasteiger partial charge in [0.05, 0.1) is 13.2 Å². The molecule has 0 unspecified atom stereocenters. The molecule has 0 atom stereocenters. The molecule has 6 heteroatoms. The molecule has 0 amide bonds. The Hall–Kier alpha value is -1.14. The second kappa shape index (κ2) is 5.56. The van der Waals surface area contributed by atoms with E-state index in [1.54, 1.807) is 12.0 Å². The minimum Gasteiger partial charge on any atom is -0.383 e. The molecule has 80 valence electrons.